The molecule has 4 aromatic carbocycles. The number of amides is 2. The second-order valence-electron chi connectivity index (χ2n) is 9.72. The van der Waals surface area contributed by atoms with Crippen LogP contribution in [0.15, 0.2) is 95.5 Å². The van der Waals surface area contributed by atoms with E-state index in [0.717, 1.165) is 47.1 Å². The summed E-state index contributed by atoms with van der Waals surface area (Å²) in [5.41, 5.74) is 13.2. The molecule has 192 valence electrons. The molecule has 0 aliphatic carbocycles. The average Bonchev–Trinajstić information content (AvgIpc) is 2.93. The molecule has 0 fully saturated rings. The molecule has 0 bridgehead atoms. The number of rotatable bonds is 7. The molecule has 3 N–H and O–H groups in total. The van der Waals surface area contributed by atoms with E-state index in [1.54, 1.807) is 6.07 Å². The SMILES string of the molecule is CC(NC(=O)c1ccc2c(c1)CCCN2Cc1ccc(-c2ccccc2C(N)=O)cc1)c1ccc(Br)cc1. The minimum atomic E-state index is -0.426. The maximum atomic E-state index is 13.0. The number of hydrogen-bond acceptors (Lipinski definition) is 3. The minimum Gasteiger partial charge on any atom is -0.367 e. The van der Waals surface area contributed by atoms with Crippen molar-refractivity contribution < 1.29 is 9.59 Å². The summed E-state index contributed by atoms with van der Waals surface area (Å²) in [5.74, 6) is -0.488. The van der Waals surface area contributed by atoms with Crippen molar-refractivity contribution in [2.45, 2.75) is 32.4 Å². The lowest BCUT2D eigenvalue weighted by Gasteiger charge is -2.32. The number of benzene rings is 4. The number of aryl methyl sites for hydroxylation is 1. The van der Waals surface area contributed by atoms with E-state index in [4.69, 9.17) is 5.73 Å². The number of primary amides is 1. The Labute approximate surface area is 231 Å². The van der Waals surface area contributed by atoms with Crippen molar-refractivity contribution in [3.8, 4) is 11.1 Å². The summed E-state index contributed by atoms with van der Waals surface area (Å²) in [6.07, 6.45) is 2.00. The van der Waals surface area contributed by atoms with Crippen LogP contribution >= 0.6 is 15.9 Å². The number of fused-ring (bicyclic) bond motifs is 1. The standard InChI is InChI=1S/C32H30BrN3O2/c1-21(23-12-15-27(33)16-13-23)35-32(38)26-14-17-30-25(19-26)5-4-18-36(30)20-22-8-10-24(11-9-22)28-6-2-3-7-29(28)31(34)37/h2-3,6-17,19,21H,4-5,18,20H2,1H3,(H2,34,37)(H,35,38). The first-order chi connectivity index (χ1) is 18.4. The quantitative estimate of drug-likeness (QED) is 0.262. The number of nitrogens with one attached hydrogen (secondary N) is 1. The molecular weight excluding hydrogens is 538 g/mol. The van der Waals surface area contributed by atoms with E-state index < -0.39 is 5.91 Å². The molecule has 5 rings (SSSR count). The number of halogens is 1. The lowest BCUT2D eigenvalue weighted by Crippen LogP contribution is -2.30. The molecule has 5 nitrogen and oxygen atoms in total. The molecule has 0 radical (unpaired) electrons. The van der Waals surface area contributed by atoms with Gasteiger partial charge < -0.3 is 16.0 Å². The van der Waals surface area contributed by atoms with Crippen LogP contribution in [-0.4, -0.2) is 18.4 Å². The Morgan fingerprint density at radius 2 is 1.71 bits per heavy atom. The highest BCUT2D eigenvalue weighted by molar-refractivity contribution is 9.10. The lowest BCUT2D eigenvalue weighted by atomic mass is 9.96. The van der Waals surface area contributed by atoms with Crippen molar-refractivity contribution in [1.82, 2.24) is 5.32 Å². The van der Waals surface area contributed by atoms with Gasteiger partial charge in [0.25, 0.3) is 5.91 Å². The molecule has 0 saturated carbocycles. The Morgan fingerprint density at radius 3 is 2.45 bits per heavy atom. The summed E-state index contributed by atoms with van der Waals surface area (Å²) >= 11 is 3.46. The third-order valence-corrected chi connectivity index (χ3v) is 7.63. The van der Waals surface area contributed by atoms with E-state index in [2.05, 4.69) is 44.3 Å². The molecule has 2 amide bonds. The van der Waals surface area contributed by atoms with Gasteiger partial charge in [-0.3, -0.25) is 9.59 Å². The molecule has 4 aromatic rings. The highest BCUT2D eigenvalue weighted by atomic mass is 79.9. The summed E-state index contributed by atoms with van der Waals surface area (Å²) < 4.78 is 1.02. The van der Waals surface area contributed by atoms with Crippen molar-refractivity contribution in [2.24, 2.45) is 5.73 Å². The molecule has 1 aliphatic heterocycles. The van der Waals surface area contributed by atoms with Gasteiger partial charge in [0.15, 0.2) is 0 Å². The monoisotopic (exact) mass is 567 g/mol. The van der Waals surface area contributed by atoms with Crippen molar-refractivity contribution in [3.05, 3.63) is 123 Å². The van der Waals surface area contributed by atoms with E-state index in [9.17, 15) is 9.59 Å². The lowest BCUT2D eigenvalue weighted by molar-refractivity contribution is 0.0938. The van der Waals surface area contributed by atoms with Crippen LogP contribution in [0.1, 0.15) is 56.8 Å². The third-order valence-electron chi connectivity index (χ3n) is 7.11. The van der Waals surface area contributed by atoms with Crippen LogP contribution in [0.5, 0.6) is 0 Å². The predicted molar refractivity (Wildman–Crippen MR) is 156 cm³/mol. The van der Waals surface area contributed by atoms with Crippen LogP contribution in [0, 0.1) is 0 Å². The normalized spacial score (nSPS) is 13.5. The summed E-state index contributed by atoms with van der Waals surface area (Å²) in [6.45, 7) is 3.74. The summed E-state index contributed by atoms with van der Waals surface area (Å²) in [4.78, 5) is 27.2. The highest BCUT2D eigenvalue weighted by Crippen LogP contribution is 2.31. The fourth-order valence-corrected chi connectivity index (χ4v) is 5.32. The van der Waals surface area contributed by atoms with Gasteiger partial charge in [0.05, 0.1) is 6.04 Å². The number of anilines is 1. The number of carbonyl (C=O) groups is 2. The van der Waals surface area contributed by atoms with Crippen molar-refractivity contribution in [1.29, 1.82) is 0 Å². The Kier molecular flexibility index (Phi) is 7.61. The Bertz CT molecular complexity index is 1470. The Balaban J connectivity index is 1.29. The molecule has 1 atom stereocenters. The van der Waals surface area contributed by atoms with E-state index in [1.807, 2.05) is 73.7 Å². The van der Waals surface area contributed by atoms with Crippen LogP contribution in [-0.2, 0) is 13.0 Å². The van der Waals surface area contributed by atoms with Crippen molar-refractivity contribution in [3.63, 3.8) is 0 Å². The summed E-state index contributed by atoms with van der Waals surface area (Å²) in [7, 11) is 0. The van der Waals surface area contributed by atoms with E-state index >= 15 is 0 Å². The first-order valence-electron chi connectivity index (χ1n) is 12.8. The van der Waals surface area contributed by atoms with Crippen LogP contribution in [0.2, 0.25) is 0 Å². The number of carbonyl (C=O) groups excluding carboxylic acids is 2. The molecule has 1 aliphatic rings. The van der Waals surface area contributed by atoms with Gasteiger partial charge in [-0.15, -0.1) is 0 Å². The molecule has 1 heterocycles. The number of nitrogens with two attached hydrogens (primary N) is 1. The summed E-state index contributed by atoms with van der Waals surface area (Å²) in [5, 5.41) is 3.12. The van der Waals surface area contributed by atoms with Gasteiger partial charge in [0, 0.05) is 34.4 Å². The van der Waals surface area contributed by atoms with Gasteiger partial charge >= 0.3 is 0 Å². The average molecular weight is 569 g/mol. The largest absolute Gasteiger partial charge is 0.367 e. The maximum Gasteiger partial charge on any atom is 0.251 e. The van der Waals surface area contributed by atoms with Gasteiger partial charge in [0.2, 0.25) is 5.91 Å². The van der Waals surface area contributed by atoms with Crippen LogP contribution in [0.25, 0.3) is 11.1 Å². The predicted octanol–water partition coefficient (Wildman–Crippen LogP) is 6.66. The van der Waals surface area contributed by atoms with Crippen molar-refractivity contribution in [2.75, 3.05) is 11.4 Å². The molecule has 6 heteroatoms. The minimum absolute atomic E-state index is 0.0628. The van der Waals surface area contributed by atoms with Gasteiger partial charge in [-0.1, -0.05) is 70.5 Å². The van der Waals surface area contributed by atoms with Gasteiger partial charge in [-0.25, -0.2) is 0 Å². The van der Waals surface area contributed by atoms with E-state index in [1.165, 1.54) is 16.8 Å². The molecule has 0 saturated heterocycles. The molecule has 0 spiro atoms. The van der Waals surface area contributed by atoms with Crippen LogP contribution < -0.4 is 16.0 Å². The molecule has 38 heavy (non-hydrogen) atoms. The maximum absolute atomic E-state index is 13.0. The van der Waals surface area contributed by atoms with E-state index in [0.29, 0.717) is 11.1 Å². The van der Waals surface area contributed by atoms with E-state index in [-0.39, 0.29) is 11.9 Å². The zero-order valence-corrected chi connectivity index (χ0v) is 22.9. The first-order valence-corrected chi connectivity index (χ1v) is 13.6. The number of hydrogen-bond donors (Lipinski definition) is 2. The second kappa shape index (κ2) is 11.2. The fraction of sp³-hybridized carbons (Fsp3) is 0.188. The highest BCUT2D eigenvalue weighted by Gasteiger charge is 2.20. The smallest absolute Gasteiger partial charge is 0.251 e. The summed E-state index contributed by atoms with van der Waals surface area (Å²) in [6, 6.07) is 29.7. The number of nitrogens with zero attached hydrogens (tertiary/aromatic N) is 1. The van der Waals surface area contributed by atoms with Gasteiger partial charge in [-0.2, -0.15) is 0 Å². The molecular formula is C32H30BrN3O2. The Hall–Kier alpha value is -3.90. The van der Waals surface area contributed by atoms with Gasteiger partial charge in [-0.05, 0) is 84.0 Å². The zero-order valence-electron chi connectivity index (χ0n) is 21.3. The third kappa shape index (κ3) is 5.65. The van der Waals surface area contributed by atoms with Crippen molar-refractivity contribution >= 4 is 33.4 Å². The topological polar surface area (TPSA) is 75.4 Å². The zero-order chi connectivity index (χ0) is 26.6. The first kappa shape index (κ1) is 25.7. The van der Waals surface area contributed by atoms with Crippen LogP contribution in [0.4, 0.5) is 5.69 Å². The van der Waals surface area contributed by atoms with Gasteiger partial charge in [0.1, 0.15) is 0 Å². The molecule has 1 unspecified atom stereocenters. The molecule has 0 aromatic heterocycles. The fourth-order valence-electron chi connectivity index (χ4n) is 5.06. The van der Waals surface area contributed by atoms with Crippen LogP contribution in [0.3, 0.4) is 0 Å². The second-order valence-corrected chi connectivity index (χ2v) is 10.6. The Morgan fingerprint density at radius 1 is 0.974 bits per heavy atom.